The van der Waals surface area contributed by atoms with Crippen molar-refractivity contribution in [1.82, 2.24) is 14.8 Å². The van der Waals surface area contributed by atoms with Gasteiger partial charge in [-0.15, -0.1) is 11.8 Å². The monoisotopic (exact) mass is 384 g/mol. The van der Waals surface area contributed by atoms with Crippen LogP contribution in [-0.2, 0) is 7.05 Å². The van der Waals surface area contributed by atoms with Gasteiger partial charge in [0.15, 0.2) is 0 Å². The first-order valence-electron chi connectivity index (χ1n) is 8.67. The second-order valence-electron chi connectivity index (χ2n) is 6.71. The van der Waals surface area contributed by atoms with Crippen LogP contribution in [0.1, 0.15) is 28.9 Å². The molecule has 134 valence electrons. The van der Waals surface area contributed by atoms with E-state index in [0.29, 0.717) is 6.04 Å². The Morgan fingerprint density at radius 1 is 1.27 bits per heavy atom. The quantitative estimate of drug-likeness (QED) is 0.669. The predicted octanol–water partition coefficient (Wildman–Crippen LogP) is 5.08. The zero-order chi connectivity index (χ0) is 18.3. The fourth-order valence-electron chi connectivity index (χ4n) is 3.43. The fraction of sp³-hybridized carbons (Fsp3) is 0.300. The number of rotatable bonds is 2. The summed E-state index contributed by atoms with van der Waals surface area (Å²) in [5, 5.41) is 9.41. The number of aromatic nitrogens is 3. The summed E-state index contributed by atoms with van der Waals surface area (Å²) in [5.74, 6) is 2.09. The Kier molecular flexibility index (Phi) is 4.67. The first-order valence-corrected chi connectivity index (χ1v) is 10.1. The summed E-state index contributed by atoms with van der Waals surface area (Å²) < 4.78 is 1.94. The van der Waals surface area contributed by atoms with Gasteiger partial charge in [0.1, 0.15) is 11.5 Å². The fourth-order valence-corrected chi connectivity index (χ4v) is 5.05. The van der Waals surface area contributed by atoms with E-state index in [4.69, 9.17) is 16.7 Å². The lowest BCUT2D eigenvalue weighted by molar-refractivity contribution is 0.757. The highest BCUT2D eigenvalue weighted by Gasteiger charge is 2.31. The molecule has 0 unspecified atom stereocenters. The third kappa shape index (κ3) is 3.10. The maximum atomic E-state index is 6.20. The molecular weight excluding hydrogens is 364 g/mol. The number of anilines is 1. The molecule has 1 N–H and O–H groups in total. The van der Waals surface area contributed by atoms with E-state index in [0.717, 1.165) is 28.0 Å². The summed E-state index contributed by atoms with van der Waals surface area (Å²) in [6.45, 7) is 4.33. The van der Waals surface area contributed by atoms with E-state index < -0.39 is 0 Å². The van der Waals surface area contributed by atoms with Crippen LogP contribution in [0, 0.1) is 6.92 Å². The van der Waals surface area contributed by atoms with Gasteiger partial charge in [0.25, 0.3) is 0 Å². The van der Waals surface area contributed by atoms with Crippen molar-refractivity contribution in [2.75, 3.05) is 11.1 Å². The van der Waals surface area contributed by atoms with Gasteiger partial charge >= 0.3 is 0 Å². The average Bonchev–Trinajstić information content (AvgIpc) is 2.83. The third-order valence-electron chi connectivity index (χ3n) is 4.66. The molecular formula is C20H21ClN4S. The highest BCUT2D eigenvalue weighted by molar-refractivity contribution is 7.99. The van der Waals surface area contributed by atoms with Crippen molar-refractivity contribution in [3.05, 3.63) is 64.3 Å². The molecule has 2 aromatic heterocycles. The summed E-state index contributed by atoms with van der Waals surface area (Å²) in [4.78, 5) is 4.55. The number of nitrogens with one attached hydrogen (secondary N) is 1. The Bertz CT molecular complexity index is 938. The number of aryl methyl sites for hydroxylation is 2. The third-order valence-corrected chi connectivity index (χ3v) is 6.41. The first-order chi connectivity index (χ1) is 12.5. The summed E-state index contributed by atoms with van der Waals surface area (Å²) >= 11 is 8.14. The highest BCUT2D eigenvalue weighted by atomic mass is 35.5. The zero-order valence-corrected chi connectivity index (χ0v) is 16.6. The van der Waals surface area contributed by atoms with Gasteiger partial charge in [0.2, 0.25) is 0 Å². The van der Waals surface area contributed by atoms with Gasteiger partial charge < -0.3 is 5.32 Å². The van der Waals surface area contributed by atoms with Gasteiger partial charge in [-0.3, -0.25) is 9.67 Å². The van der Waals surface area contributed by atoms with E-state index >= 15 is 0 Å². The van der Waals surface area contributed by atoms with Crippen molar-refractivity contribution in [3.63, 3.8) is 0 Å². The molecule has 0 saturated carbocycles. The van der Waals surface area contributed by atoms with E-state index in [9.17, 15) is 0 Å². The molecule has 3 heterocycles. The average molecular weight is 385 g/mol. The molecule has 1 aliphatic rings. The van der Waals surface area contributed by atoms with E-state index in [1.165, 1.54) is 16.7 Å². The van der Waals surface area contributed by atoms with Gasteiger partial charge in [-0.1, -0.05) is 23.7 Å². The summed E-state index contributed by atoms with van der Waals surface area (Å²) in [6.07, 6.45) is 1.82. The molecule has 2 atom stereocenters. The molecule has 4 nitrogen and oxygen atoms in total. The van der Waals surface area contributed by atoms with E-state index in [2.05, 4.69) is 30.2 Å². The highest BCUT2D eigenvalue weighted by Crippen LogP contribution is 2.47. The molecule has 1 aromatic carbocycles. The molecule has 0 bridgehead atoms. The van der Waals surface area contributed by atoms with Gasteiger partial charge in [0.05, 0.1) is 10.9 Å². The van der Waals surface area contributed by atoms with Crippen molar-refractivity contribution in [1.29, 1.82) is 0 Å². The molecule has 0 amide bonds. The Hall–Kier alpha value is -1.98. The minimum absolute atomic E-state index is 0.186. The van der Waals surface area contributed by atoms with Crippen LogP contribution in [-0.4, -0.2) is 26.6 Å². The molecule has 26 heavy (non-hydrogen) atoms. The van der Waals surface area contributed by atoms with Gasteiger partial charge in [-0.05, 0) is 49.2 Å². The van der Waals surface area contributed by atoms with E-state index in [-0.39, 0.29) is 5.25 Å². The largest absolute Gasteiger partial charge is 0.367 e. The molecule has 0 fully saturated rings. The van der Waals surface area contributed by atoms with Crippen LogP contribution >= 0.6 is 23.4 Å². The number of fused-ring (bicyclic) bond motifs is 1. The number of halogens is 1. The topological polar surface area (TPSA) is 42.7 Å². The lowest BCUT2D eigenvalue weighted by Gasteiger charge is -2.18. The SMILES string of the molecule is Cc1cc(Cl)ccc1[C@H]1SC[C@@H](C)Nc2c1c(-c1ccccn1)nn2C. The maximum absolute atomic E-state index is 6.20. The van der Waals surface area contributed by atoms with Crippen molar-refractivity contribution in [2.45, 2.75) is 25.1 Å². The Morgan fingerprint density at radius 2 is 2.12 bits per heavy atom. The number of benzene rings is 1. The summed E-state index contributed by atoms with van der Waals surface area (Å²) in [7, 11) is 1.99. The predicted molar refractivity (Wildman–Crippen MR) is 110 cm³/mol. The summed E-state index contributed by atoms with van der Waals surface area (Å²) in [5.41, 5.74) is 5.52. The van der Waals surface area contributed by atoms with Crippen molar-refractivity contribution in [3.8, 4) is 11.4 Å². The number of pyridine rings is 1. The van der Waals surface area contributed by atoms with Gasteiger partial charge in [0, 0.05) is 35.6 Å². The van der Waals surface area contributed by atoms with Gasteiger partial charge in [-0.2, -0.15) is 5.10 Å². The molecule has 6 heteroatoms. The Morgan fingerprint density at radius 3 is 2.85 bits per heavy atom. The zero-order valence-electron chi connectivity index (χ0n) is 15.0. The van der Waals surface area contributed by atoms with Gasteiger partial charge in [-0.25, -0.2) is 0 Å². The lowest BCUT2D eigenvalue weighted by Crippen LogP contribution is -2.18. The van der Waals surface area contributed by atoms with Crippen LogP contribution in [0.25, 0.3) is 11.4 Å². The lowest BCUT2D eigenvalue weighted by atomic mass is 9.98. The Labute approximate surface area is 163 Å². The van der Waals surface area contributed by atoms with Crippen LogP contribution in [0.2, 0.25) is 5.02 Å². The molecule has 0 aliphatic carbocycles. The standard InChI is InChI=1S/C20H21ClN4S/c1-12-10-14(21)7-8-15(12)19-17-18(16-6-4-5-9-22-16)24-25(3)20(17)23-13(2)11-26-19/h4-10,13,19,23H,11H2,1-3H3/t13-,19-/m1/s1. The molecule has 0 spiro atoms. The van der Waals surface area contributed by atoms with Crippen molar-refractivity contribution in [2.24, 2.45) is 7.05 Å². The number of hydrogen-bond acceptors (Lipinski definition) is 4. The van der Waals surface area contributed by atoms with Crippen molar-refractivity contribution >= 4 is 29.2 Å². The minimum atomic E-state index is 0.186. The molecule has 3 aromatic rings. The van der Waals surface area contributed by atoms with Crippen LogP contribution in [0.4, 0.5) is 5.82 Å². The first kappa shape index (κ1) is 17.4. The van der Waals surface area contributed by atoms with Crippen LogP contribution in [0.5, 0.6) is 0 Å². The van der Waals surface area contributed by atoms with Crippen LogP contribution < -0.4 is 5.32 Å². The van der Waals surface area contributed by atoms with Crippen LogP contribution in [0.15, 0.2) is 42.6 Å². The maximum Gasteiger partial charge on any atom is 0.129 e. The number of thioether (sulfide) groups is 1. The number of nitrogens with zero attached hydrogens (tertiary/aromatic N) is 3. The van der Waals surface area contributed by atoms with Crippen LogP contribution in [0.3, 0.4) is 0 Å². The second kappa shape index (κ2) is 6.97. The molecule has 0 radical (unpaired) electrons. The van der Waals surface area contributed by atoms with Crippen molar-refractivity contribution < 1.29 is 0 Å². The minimum Gasteiger partial charge on any atom is -0.367 e. The normalized spacial score (nSPS) is 19.5. The molecule has 4 rings (SSSR count). The number of hydrogen-bond donors (Lipinski definition) is 1. The smallest absolute Gasteiger partial charge is 0.129 e. The summed E-state index contributed by atoms with van der Waals surface area (Å²) in [6, 6.07) is 12.5. The molecule has 0 saturated heterocycles. The Balaban J connectivity index is 1.94. The van der Waals surface area contributed by atoms with E-state index in [1.807, 2.05) is 60.0 Å². The van der Waals surface area contributed by atoms with E-state index in [1.54, 1.807) is 0 Å². The second-order valence-corrected chi connectivity index (χ2v) is 8.28. The molecule has 1 aliphatic heterocycles.